The van der Waals surface area contributed by atoms with Crippen LogP contribution in [0.25, 0.3) is 0 Å². The maximum Gasteiger partial charge on any atom is 0.407 e. The first kappa shape index (κ1) is 13.5. The predicted molar refractivity (Wildman–Crippen MR) is 66.7 cm³/mol. The quantitative estimate of drug-likeness (QED) is 0.877. The van der Waals surface area contributed by atoms with Crippen LogP contribution in [0.5, 0.6) is 0 Å². The predicted octanol–water partition coefficient (Wildman–Crippen LogP) is 2.67. The van der Waals surface area contributed by atoms with Crippen LogP contribution in [0.15, 0.2) is 18.3 Å². The Morgan fingerprint density at radius 3 is 2.59 bits per heavy atom. The Morgan fingerprint density at radius 1 is 1.41 bits per heavy atom. The van der Waals surface area contributed by atoms with Gasteiger partial charge in [0.05, 0.1) is 0 Å². The SMILES string of the molecule is CCc1ccc(CNC(=O)OC(C)(C)C)cn1. The first-order valence-corrected chi connectivity index (χ1v) is 5.81. The first-order valence-electron chi connectivity index (χ1n) is 5.81. The molecule has 0 saturated carbocycles. The molecule has 94 valence electrons. The molecule has 1 aromatic rings. The minimum atomic E-state index is -0.464. The second-order valence-electron chi connectivity index (χ2n) is 4.87. The van der Waals surface area contributed by atoms with Crippen LogP contribution in [0.3, 0.4) is 0 Å². The Balaban J connectivity index is 2.42. The van der Waals surface area contributed by atoms with E-state index in [0.29, 0.717) is 6.54 Å². The summed E-state index contributed by atoms with van der Waals surface area (Å²) in [5.74, 6) is 0. The highest BCUT2D eigenvalue weighted by atomic mass is 16.6. The van der Waals surface area contributed by atoms with Crippen LogP contribution in [-0.4, -0.2) is 16.7 Å². The van der Waals surface area contributed by atoms with Gasteiger partial charge in [0.2, 0.25) is 0 Å². The van der Waals surface area contributed by atoms with Crippen molar-refractivity contribution in [2.75, 3.05) is 0 Å². The number of carbonyl (C=O) groups excluding carboxylic acids is 1. The molecule has 0 aliphatic heterocycles. The van der Waals surface area contributed by atoms with Crippen molar-refractivity contribution in [1.29, 1.82) is 0 Å². The molecule has 0 radical (unpaired) electrons. The van der Waals surface area contributed by atoms with E-state index < -0.39 is 11.7 Å². The summed E-state index contributed by atoms with van der Waals surface area (Å²) in [4.78, 5) is 15.7. The van der Waals surface area contributed by atoms with E-state index in [4.69, 9.17) is 4.74 Å². The third-order valence-corrected chi connectivity index (χ3v) is 2.08. The molecular formula is C13H20N2O2. The van der Waals surface area contributed by atoms with E-state index in [1.165, 1.54) is 0 Å². The van der Waals surface area contributed by atoms with Gasteiger partial charge in [-0.05, 0) is 38.8 Å². The van der Waals surface area contributed by atoms with E-state index in [1.54, 1.807) is 6.20 Å². The highest BCUT2D eigenvalue weighted by molar-refractivity contribution is 5.67. The fourth-order valence-corrected chi connectivity index (χ4v) is 1.26. The van der Waals surface area contributed by atoms with Crippen molar-refractivity contribution in [3.63, 3.8) is 0 Å². The lowest BCUT2D eigenvalue weighted by Gasteiger charge is -2.19. The molecule has 4 heteroatoms. The summed E-state index contributed by atoms with van der Waals surface area (Å²) in [6, 6.07) is 3.93. The second kappa shape index (κ2) is 5.66. The lowest BCUT2D eigenvalue weighted by molar-refractivity contribution is 0.0523. The van der Waals surface area contributed by atoms with E-state index >= 15 is 0 Å². The minimum absolute atomic E-state index is 0.405. The minimum Gasteiger partial charge on any atom is -0.444 e. The molecule has 0 bridgehead atoms. The number of nitrogens with one attached hydrogen (secondary N) is 1. The van der Waals surface area contributed by atoms with Gasteiger partial charge < -0.3 is 10.1 Å². The molecule has 0 saturated heterocycles. The van der Waals surface area contributed by atoms with Crippen LogP contribution in [0, 0.1) is 0 Å². The zero-order chi connectivity index (χ0) is 12.9. The molecule has 17 heavy (non-hydrogen) atoms. The standard InChI is InChI=1S/C13H20N2O2/c1-5-11-7-6-10(8-14-11)9-15-12(16)17-13(2,3)4/h6-8H,5,9H2,1-4H3,(H,15,16). The van der Waals surface area contributed by atoms with Gasteiger partial charge in [-0.1, -0.05) is 13.0 Å². The summed E-state index contributed by atoms with van der Waals surface area (Å²) in [7, 11) is 0. The van der Waals surface area contributed by atoms with Crippen molar-refractivity contribution in [2.45, 2.75) is 46.3 Å². The molecule has 0 spiro atoms. The summed E-state index contributed by atoms with van der Waals surface area (Å²) < 4.78 is 5.13. The number of nitrogens with zero attached hydrogens (tertiary/aromatic N) is 1. The highest BCUT2D eigenvalue weighted by Crippen LogP contribution is 2.07. The third-order valence-electron chi connectivity index (χ3n) is 2.08. The molecule has 1 rings (SSSR count). The molecule has 0 aliphatic carbocycles. The van der Waals surface area contributed by atoms with Crippen LogP contribution >= 0.6 is 0 Å². The number of aromatic nitrogens is 1. The molecule has 0 aromatic carbocycles. The van der Waals surface area contributed by atoms with Crippen LogP contribution in [0.4, 0.5) is 4.79 Å². The molecule has 1 aromatic heterocycles. The van der Waals surface area contributed by atoms with Gasteiger partial charge in [0.15, 0.2) is 0 Å². The lowest BCUT2D eigenvalue weighted by atomic mass is 10.2. The van der Waals surface area contributed by atoms with Crippen molar-refractivity contribution in [2.24, 2.45) is 0 Å². The summed E-state index contributed by atoms with van der Waals surface area (Å²) in [6.07, 6.45) is 2.28. The number of rotatable bonds is 3. The average molecular weight is 236 g/mol. The monoisotopic (exact) mass is 236 g/mol. The molecular weight excluding hydrogens is 216 g/mol. The summed E-state index contributed by atoms with van der Waals surface area (Å²) in [6.45, 7) is 8.01. The van der Waals surface area contributed by atoms with Gasteiger partial charge in [-0.3, -0.25) is 4.98 Å². The van der Waals surface area contributed by atoms with E-state index in [-0.39, 0.29) is 0 Å². The summed E-state index contributed by atoms with van der Waals surface area (Å²) in [5, 5.41) is 2.69. The Bertz CT molecular complexity index is 366. The maximum absolute atomic E-state index is 11.4. The largest absolute Gasteiger partial charge is 0.444 e. The molecule has 1 amide bonds. The molecule has 1 heterocycles. The van der Waals surface area contributed by atoms with Crippen molar-refractivity contribution in [1.82, 2.24) is 10.3 Å². The van der Waals surface area contributed by atoms with Gasteiger partial charge >= 0.3 is 6.09 Å². The van der Waals surface area contributed by atoms with Gasteiger partial charge in [-0.15, -0.1) is 0 Å². The first-order chi connectivity index (χ1) is 7.90. The zero-order valence-corrected chi connectivity index (χ0v) is 10.9. The zero-order valence-electron chi connectivity index (χ0n) is 10.9. The number of carbonyl (C=O) groups is 1. The second-order valence-corrected chi connectivity index (χ2v) is 4.87. The van der Waals surface area contributed by atoms with Gasteiger partial charge in [0.1, 0.15) is 5.60 Å². The number of amides is 1. The third kappa shape index (κ3) is 5.33. The van der Waals surface area contributed by atoms with Crippen molar-refractivity contribution >= 4 is 6.09 Å². The van der Waals surface area contributed by atoms with Gasteiger partial charge in [0.25, 0.3) is 0 Å². The number of alkyl carbamates (subject to hydrolysis) is 1. The average Bonchev–Trinajstić information content (AvgIpc) is 2.25. The van der Waals surface area contributed by atoms with E-state index in [9.17, 15) is 4.79 Å². The Hall–Kier alpha value is -1.58. The number of ether oxygens (including phenoxy) is 1. The smallest absolute Gasteiger partial charge is 0.407 e. The topological polar surface area (TPSA) is 51.2 Å². The van der Waals surface area contributed by atoms with Crippen molar-refractivity contribution in [3.05, 3.63) is 29.6 Å². The van der Waals surface area contributed by atoms with Crippen LogP contribution < -0.4 is 5.32 Å². The van der Waals surface area contributed by atoms with E-state index in [1.807, 2.05) is 32.9 Å². The molecule has 0 unspecified atom stereocenters. The molecule has 0 aliphatic rings. The van der Waals surface area contributed by atoms with Gasteiger partial charge in [-0.2, -0.15) is 0 Å². The van der Waals surface area contributed by atoms with Crippen LogP contribution in [0.2, 0.25) is 0 Å². The van der Waals surface area contributed by atoms with E-state index in [0.717, 1.165) is 17.7 Å². The Kier molecular flexibility index (Phi) is 4.49. The maximum atomic E-state index is 11.4. The van der Waals surface area contributed by atoms with Crippen LogP contribution in [-0.2, 0) is 17.7 Å². The van der Waals surface area contributed by atoms with Crippen molar-refractivity contribution < 1.29 is 9.53 Å². The molecule has 1 N–H and O–H groups in total. The Labute approximate surface area is 102 Å². The molecule has 0 fully saturated rings. The van der Waals surface area contributed by atoms with Gasteiger partial charge in [0, 0.05) is 18.4 Å². The Morgan fingerprint density at radius 2 is 2.12 bits per heavy atom. The normalized spacial score (nSPS) is 11.1. The summed E-state index contributed by atoms with van der Waals surface area (Å²) in [5.41, 5.74) is 1.55. The number of pyridine rings is 1. The highest BCUT2D eigenvalue weighted by Gasteiger charge is 2.15. The summed E-state index contributed by atoms with van der Waals surface area (Å²) >= 11 is 0. The number of aryl methyl sites for hydroxylation is 1. The fraction of sp³-hybridized carbons (Fsp3) is 0.538. The molecule has 4 nitrogen and oxygen atoms in total. The van der Waals surface area contributed by atoms with Crippen LogP contribution in [0.1, 0.15) is 39.0 Å². The van der Waals surface area contributed by atoms with E-state index in [2.05, 4.69) is 17.2 Å². The number of hydrogen-bond acceptors (Lipinski definition) is 3. The fourth-order valence-electron chi connectivity index (χ4n) is 1.26. The van der Waals surface area contributed by atoms with Crippen molar-refractivity contribution in [3.8, 4) is 0 Å². The van der Waals surface area contributed by atoms with Gasteiger partial charge in [-0.25, -0.2) is 4.79 Å². The number of hydrogen-bond donors (Lipinski definition) is 1. The molecule has 0 atom stereocenters. The lowest BCUT2D eigenvalue weighted by Crippen LogP contribution is -2.32.